The summed E-state index contributed by atoms with van der Waals surface area (Å²) in [6.45, 7) is 2.60. The number of H-pyrrole nitrogens is 1. The zero-order valence-electron chi connectivity index (χ0n) is 13.0. The van der Waals surface area contributed by atoms with Crippen LogP contribution in [0.5, 0.6) is 5.75 Å². The van der Waals surface area contributed by atoms with Gasteiger partial charge in [0.1, 0.15) is 19.0 Å². The van der Waals surface area contributed by atoms with Crippen molar-refractivity contribution in [2.45, 2.75) is 13.3 Å². The monoisotopic (exact) mass is 309 g/mol. The van der Waals surface area contributed by atoms with Gasteiger partial charge in [0, 0.05) is 17.1 Å². The molecular formula is C19H19NO3. The van der Waals surface area contributed by atoms with E-state index in [1.54, 1.807) is 0 Å². The van der Waals surface area contributed by atoms with Gasteiger partial charge in [0.15, 0.2) is 0 Å². The molecule has 0 radical (unpaired) electrons. The first kappa shape index (κ1) is 15.2. The second-order valence-electron chi connectivity index (χ2n) is 5.42. The van der Waals surface area contributed by atoms with E-state index in [4.69, 9.17) is 9.47 Å². The molecule has 1 N–H and O–H groups in total. The Bertz CT molecular complexity index is 807. The number of aromatic amines is 1. The fraction of sp³-hybridized carbons (Fsp3) is 0.211. The van der Waals surface area contributed by atoms with E-state index in [1.807, 2.05) is 61.7 Å². The topological polar surface area (TPSA) is 51.3 Å². The Kier molecular flexibility index (Phi) is 4.62. The lowest BCUT2D eigenvalue weighted by Crippen LogP contribution is -2.13. The Morgan fingerprint density at radius 3 is 2.83 bits per heavy atom. The molecule has 0 saturated heterocycles. The van der Waals surface area contributed by atoms with Gasteiger partial charge in [0.05, 0.1) is 6.42 Å². The highest BCUT2D eigenvalue weighted by atomic mass is 16.6. The van der Waals surface area contributed by atoms with Crippen LogP contribution in [-0.2, 0) is 16.0 Å². The summed E-state index contributed by atoms with van der Waals surface area (Å²) in [6, 6.07) is 15.7. The highest BCUT2D eigenvalue weighted by molar-refractivity contribution is 5.87. The zero-order valence-corrected chi connectivity index (χ0v) is 13.0. The first-order valence-corrected chi connectivity index (χ1v) is 7.62. The van der Waals surface area contributed by atoms with E-state index >= 15 is 0 Å². The van der Waals surface area contributed by atoms with Crippen LogP contribution in [0.2, 0.25) is 0 Å². The average molecular weight is 309 g/mol. The van der Waals surface area contributed by atoms with Crippen LogP contribution in [-0.4, -0.2) is 24.2 Å². The standard InChI is InChI=1S/C19H19NO3/c1-14-5-4-6-16(11-14)22-9-10-23-19(21)12-15-13-20-18-8-3-2-7-17(15)18/h2-8,11,13,20H,9-10,12H2,1H3. The number of ether oxygens (including phenoxy) is 2. The van der Waals surface area contributed by atoms with Gasteiger partial charge in [-0.15, -0.1) is 0 Å². The number of benzene rings is 2. The lowest BCUT2D eigenvalue weighted by Gasteiger charge is -2.07. The van der Waals surface area contributed by atoms with E-state index in [2.05, 4.69) is 4.98 Å². The fourth-order valence-corrected chi connectivity index (χ4v) is 2.50. The molecule has 0 spiro atoms. The van der Waals surface area contributed by atoms with Gasteiger partial charge in [-0.05, 0) is 36.2 Å². The van der Waals surface area contributed by atoms with Crippen LogP contribution in [0.3, 0.4) is 0 Å². The molecule has 4 heteroatoms. The number of esters is 1. The maximum Gasteiger partial charge on any atom is 0.310 e. The number of para-hydroxylation sites is 1. The molecule has 0 bridgehead atoms. The molecule has 0 aliphatic carbocycles. The van der Waals surface area contributed by atoms with E-state index in [-0.39, 0.29) is 19.0 Å². The molecule has 0 fully saturated rings. The second kappa shape index (κ2) is 7.01. The molecule has 0 aliphatic rings. The van der Waals surface area contributed by atoms with Crippen molar-refractivity contribution >= 4 is 16.9 Å². The Hall–Kier alpha value is -2.75. The minimum atomic E-state index is -0.248. The number of carbonyl (C=O) groups is 1. The summed E-state index contributed by atoms with van der Waals surface area (Å²) in [6.07, 6.45) is 2.11. The van der Waals surface area contributed by atoms with E-state index in [0.29, 0.717) is 6.61 Å². The molecule has 4 nitrogen and oxygen atoms in total. The number of hydrogen-bond donors (Lipinski definition) is 1. The van der Waals surface area contributed by atoms with Crippen LogP contribution in [0.15, 0.2) is 54.7 Å². The van der Waals surface area contributed by atoms with Gasteiger partial charge in [-0.2, -0.15) is 0 Å². The number of nitrogens with one attached hydrogen (secondary N) is 1. The van der Waals surface area contributed by atoms with Gasteiger partial charge in [0.25, 0.3) is 0 Å². The third kappa shape index (κ3) is 3.92. The van der Waals surface area contributed by atoms with Gasteiger partial charge >= 0.3 is 5.97 Å². The molecule has 1 heterocycles. The van der Waals surface area contributed by atoms with Crippen molar-refractivity contribution in [2.75, 3.05) is 13.2 Å². The third-order valence-corrected chi connectivity index (χ3v) is 3.61. The molecule has 0 unspecified atom stereocenters. The van der Waals surface area contributed by atoms with Crippen LogP contribution in [0, 0.1) is 6.92 Å². The Balaban J connectivity index is 1.46. The third-order valence-electron chi connectivity index (χ3n) is 3.61. The van der Waals surface area contributed by atoms with E-state index < -0.39 is 0 Å². The predicted octanol–water partition coefficient (Wildman–Crippen LogP) is 3.64. The SMILES string of the molecule is Cc1cccc(OCCOC(=O)Cc2c[nH]c3ccccc23)c1. The number of aryl methyl sites for hydroxylation is 1. The van der Waals surface area contributed by atoms with Gasteiger partial charge < -0.3 is 14.5 Å². The molecule has 23 heavy (non-hydrogen) atoms. The molecule has 2 aromatic carbocycles. The van der Waals surface area contributed by atoms with Crippen LogP contribution < -0.4 is 4.74 Å². The van der Waals surface area contributed by atoms with Gasteiger partial charge in [-0.3, -0.25) is 4.79 Å². The Morgan fingerprint density at radius 1 is 1.09 bits per heavy atom. The van der Waals surface area contributed by atoms with Crippen LogP contribution >= 0.6 is 0 Å². The summed E-state index contributed by atoms with van der Waals surface area (Å²) in [5, 5.41) is 1.06. The summed E-state index contributed by atoms with van der Waals surface area (Å²) in [4.78, 5) is 15.1. The summed E-state index contributed by atoms with van der Waals surface area (Å²) in [5.74, 6) is 0.542. The molecular weight excluding hydrogens is 290 g/mol. The summed E-state index contributed by atoms with van der Waals surface area (Å²) < 4.78 is 10.8. The zero-order chi connectivity index (χ0) is 16.1. The van der Waals surface area contributed by atoms with Crippen molar-refractivity contribution in [2.24, 2.45) is 0 Å². The van der Waals surface area contributed by atoms with Crippen molar-refractivity contribution in [3.05, 3.63) is 65.9 Å². The summed E-state index contributed by atoms with van der Waals surface area (Å²) >= 11 is 0. The molecule has 0 amide bonds. The van der Waals surface area contributed by atoms with Crippen molar-refractivity contribution in [3.63, 3.8) is 0 Å². The van der Waals surface area contributed by atoms with E-state index in [1.165, 1.54) is 0 Å². The van der Waals surface area contributed by atoms with E-state index in [0.717, 1.165) is 27.8 Å². The maximum absolute atomic E-state index is 11.9. The molecule has 0 atom stereocenters. The van der Waals surface area contributed by atoms with Crippen LogP contribution in [0.25, 0.3) is 10.9 Å². The van der Waals surface area contributed by atoms with E-state index in [9.17, 15) is 4.79 Å². The number of aromatic nitrogens is 1. The van der Waals surface area contributed by atoms with Crippen LogP contribution in [0.1, 0.15) is 11.1 Å². The molecule has 3 rings (SSSR count). The molecule has 118 valence electrons. The quantitative estimate of drug-likeness (QED) is 0.558. The van der Waals surface area contributed by atoms with Crippen LogP contribution in [0.4, 0.5) is 0 Å². The van der Waals surface area contributed by atoms with Gasteiger partial charge in [0.2, 0.25) is 0 Å². The molecule has 1 aromatic heterocycles. The van der Waals surface area contributed by atoms with Crippen molar-refractivity contribution < 1.29 is 14.3 Å². The molecule has 0 saturated carbocycles. The largest absolute Gasteiger partial charge is 0.490 e. The molecule has 3 aromatic rings. The minimum absolute atomic E-state index is 0.245. The number of carbonyl (C=O) groups excluding carboxylic acids is 1. The van der Waals surface area contributed by atoms with Gasteiger partial charge in [-0.1, -0.05) is 30.3 Å². The predicted molar refractivity (Wildman–Crippen MR) is 89.6 cm³/mol. The van der Waals surface area contributed by atoms with Crippen molar-refractivity contribution in [3.8, 4) is 5.75 Å². The number of rotatable bonds is 6. The Labute approximate surface area is 135 Å². The second-order valence-corrected chi connectivity index (χ2v) is 5.42. The van der Waals surface area contributed by atoms with Crippen molar-refractivity contribution in [1.29, 1.82) is 0 Å². The number of hydrogen-bond acceptors (Lipinski definition) is 3. The first-order valence-electron chi connectivity index (χ1n) is 7.62. The van der Waals surface area contributed by atoms with Gasteiger partial charge in [-0.25, -0.2) is 0 Å². The lowest BCUT2D eigenvalue weighted by atomic mass is 10.1. The molecule has 0 aliphatic heterocycles. The normalized spacial score (nSPS) is 10.7. The summed E-state index contributed by atoms with van der Waals surface area (Å²) in [7, 11) is 0. The maximum atomic E-state index is 11.9. The minimum Gasteiger partial charge on any atom is -0.490 e. The first-order chi connectivity index (χ1) is 11.2. The Morgan fingerprint density at radius 2 is 1.96 bits per heavy atom. The lowest BCUT2D eigenvalue weighted by molar-refractivity contribution is -0.143. The summed E-state index contributed by atoms with van der Waals surface area (Å²) in [5.41, 5.74) is 3.11. The smallest absolute Gasteiger partial charge is 0.310 e. The average Bonchev–Trinajstić information content (AvgIpc) is 2.95. The van der Waals surface area contributed by atoms with Crippen molar-refractivity contribution in [1.82, 2.24) is 4.98 Å². The highest BCUT2D eigenvalue weighted by Gasteiger charge is 2.09. The number of fused-ring (bicyclic) bond motifs is 1. The fourth-order valence-electron chi connectivity index (χ4n) is 2.50. The highest BCUT2D eigenvalue weighted by Crippen LogP contribution is 2.18.